The van der Waals surface area contributed by atoms with E-state index in [9.17, 15) is 5.11 Å². The lowest BCUT2D eigenvalue weighted by molar-refractivity contribution is 0.296. The van der Waals surface area contributed by atoms with Crippen LogP contribution in [-0.2, 0) is 6.42 Å². The van der Waals surface area contributed by atoms with Crippen LogP contribution in [0.25, 0.3) is 16.8 Å². The third-order valence-corrected chi connectivity index (χ3v) is 6.62. The highest BCUT2D eigenvalue weighted by Crippen LogP contribution is 2.36. The Morgan fingerprint density at radius 2 is 1.88 bits per heavy atom. The highest BCUT2D eigenvalue weighted by molar-refractivity contribution is 7.11. The first-order valence-electron chi connectivity index (χ1n) is 10.5. The highest BCUT2D eigenvalue weighted by Gasteiger charge is 2.32. The molecule has 2 heterocycles. The van der Waals surface area contributed by atoms with Crippen LogP contribution in [0.3, 0.4) is 0 Å². The average Bonchev–Trinajstić information content (AvgIpc) is 3.41. The van der Waals surface area contributed by atoms with E-state index in [4.69, 9.17) is 19.9 Å². The molecule has 0 radical (unpaired) electrons. The number of aliphatic hydroxyl groups excluding tert-OH is 1. The maximum atomic E-state index is 10.7. The number of amidine groups is 1. The van der Waals surface area contributed by atoms with Gasteiger partial charge in [0.25, 0.3) is 0 Å². The molecule has 0 saturated heterocycles. The molecule has 7 heteroatoms. The van der Waals surface area contributed by atoms with Crippen LogP contribution in [0.5, 0.6) is 11.5 Å². The Kier molecular flexibility index (Phi) is 6.46. The molecule has 1 aliphatic heterocycles. The number of hydrogen-bond acceptors (Lipinski definition) is 6. The van der Waals surface area contributed by atoms with Gasteiger partial charge in [0.05, 0.1) is 32.0 Å². The van der Waals surface area contributed by atoms with Gasteiger partial charge in [-0.25, -0.2) is 4.98 Å². The standard InChI is InChI=1S/C25H27N3O3S/c1-16(9-10-17-7-5-4-6-8-17)28-14-20(29)23(24(28)26)25-27-19(15-32-25)18-11-12-21(30-2)22(13-18)31-3/h4-8,11-13,15-16,26,29H,9-10,14H2,1-3H3. The monoisotopic (exact) mass is 449 g/mol. The normalized spacial score (nSPS) is 14.7. The van der Waals surface area contributed by atoms with E-state index in [0.29, 0.717) is 34.5 Å². The van der Waals surface area contributed by atoms with Crippen LogP contribution in [0.1, 0.15) is 23.9 Å². The predicted molar refractivity (Wildman–Crippen MR) is 129 cm³/mol. The van der Waals surface area contributed by atoms with Gasteiger partial charge in [0, 0.05) is 17.0 Å². The van der Waals surface area contributed by atoms with Gasteiger partial charge in [-0.15, -0.1) is 11.3 Å². The molecule has 4 rings (SSSR count). The van der Waals surface area contributed by atoms with Crippen LogP contribution in [0.2, 0.25) is 0 Å². The summed E-state index contributed by atoms with van der Waals surface area (Å²) in [6.45, 7) is 2.44. The first kappa shape index (κ1) is 21.9. The third kappa shape index (κ3) is 4.34. The predicted octanol–water partition coefficient (Wildman–Crippen LogP) is 5.41. The zero-order chi connectivity index (χ0) is 22.7. The molecule has 2 N–H and O–H groups in total. The van der Waals surface area contributed by atoms with E-state index < -0.39 is 0 Å². The van der Waals surface area contributed by atoms with Crippen LogP contribution in [0.15, 0.2) is 59.7 Å². The molecule has 2 aromatic carbocycles. The zero-order valence-electron chi connectivity index (χ0n) is 18.5. The second kappa shape index (κ2) is 9.44. The number of aromatic nitrogens is 1. The summed E-state index contributed by atoms with van der Waals surface area (Å²) < 4.78 is 10.7. The van der Waals surface area contributed by atoms with Crippen LogP contribution in [0, 0.1) is 5.41 Å². The summed E-state index contributed by atoms with van der Waals surface area (Å²) >= 11 is 1.43. The molecule has 166 valence electrons. The van der Waals surface area contributed by atoms with Gasteiger partial charge in [-0.05, 0) is 43.5 Å². The summed E-state index contributed by atoms with van der Waals surface area (Å²) in [6.07, 6.45) is 1.84. The van der Waals surface area contributed by atoms with E-state index in [2.05, 4.69) is 19.1 Å². The van der Waals surface area contributed by atoms with Gasteiger partial charge in [-0.2, -0.15) is 0 Å². The molecule has 6 nitrogen and oxygen atoms in total. The number of thiazole rings is 1. The number of aryl methyl sites for hydroxylation is 1. The molecule has 32 heavy (non-hydrogen) atoms. The van der Waals surface area contributed by atoms with E-state index in [1.807, 2.05) is 46.7 Å². The van der Waals surface area contributed by atoms with E-state index in [1.165, 1.54) is 16.9 Å². The van der Waals surface area contributed by atoms with Crippen molar-refractivity contribution < 1.29 is 14.6 Å². The number of rotatable bonds is 8. The van der Waals surface area contributed by atoms with Gasteiger partial charge < -0.3 is 19.5 Å². The van der Waals surface area contributed by atoms with Crippen LogP contribution >= 0.6 is 11.3 Å². The molecule has 0 aliphatic carbocycles. The molecule has 0 saturated carbocycles. The Labute approximate surface area is 192 Å². The lowest BCUT2D eigenvalue weighted by Crippen LogP contribution is -2.35. The first-order valence-corrected chi connectivity index (χ1v) is 11.4. The van der Waals surface area contributed by atoms with Crippen molar-refractivity contribution in [2.75, 3.05) is 20.8 Å². The smallest absolute Gasteiger partial charge is 0.161 e. The SMILES string of the molecule is COc1ccc(-c2csc(C3=C(O)CN(C(C)CCc4ccccc4)C3=N)n2)cc1OC. The number of benzene rings is 2. The second-order valence-electron chi connectivity index (χ2n) is 7.78. The molecule has 1 unspecified atom stereocenters. The van der Waals surface area contributed by atoms with Crippen molar-refractivity contribution in [2.45, 2.75) is 25.8 Å². The number of nitrogens with zero attached hydrogens (tertiary/aromatic N) is 2. The summed E-state index contributed by atoms with van der Waals surface area (Å²) in [6, 6.07) is 16.1. The van der Waals surface area contributed by atoms with Gasteiger partial charge >= 0.3 is 0 Å². The van der Waals surface area contributed by atoms with E-state index in [1.54, 1.807) is 14.2 Å². The molecule has 0 spiro atoms. The van der Waals surface area contributed by atoms with Gasteiger partial charge in [0.2, 0.25) is 0 Å². The molecular formula is C25H27N3O3S. The summed E-state index contributed by atoms with van der Waals surface area (Å²) in [5, 5.41) is 22.0. The number of nitrogens with one attached hydrogen (secondary N) is 1. The van der Waals surface area contributed by atoms with Crippen LogP contribution < -0.4 is 9.47 Å². The summed E-state index contributed by atoms with van der Waals surface area (Å²) in [5.74, 6) is 1.82. The van der Waals surface area contributed by atoms with Crippen molar-refractivity contribution in [3.8, 4) is 22.8 Å². The lowest BCUT2D eigenvalue weighted by atomic mass is 10.1. The minimum absolute atomic E-state index is 0.132. The zero-order valence-corrected chi connectivity index (χ0v) is 19.3. The number of hydrogen-bond donors (Lipinski definition) is 2. The fraction of sp³-hybridized carbons (Fsp3) is 0.280. The number of ether oxygens (including phenoxy) is 2. The first-order chi connectivity index (χ1) is 15.5. The van der Waals surface area contributed by atoms with Gasteiger partial charge in [0.1, 0.15) is 16.6 Å². The van der Waals surface area contributed by atoms with Gasteiger partial charge in [0.15, 0.2) is 11.5 Å². The second-order valence-corrected chi connectivity index (χ2v) is 8.64. The van der Waals surface area contributed by atoms with Gasteiger partial charge in [-0.1, -0.05) is 30.3 Å². The maximum absolute atomic E-state index is 10.7. The fourth-order valence-electron chi connectivity index (χ4n) is 3.89. The lowest BCUT2D eigenvalue weighted by Gasteiger charge is -2.26. The Bertz CT molecular complexity index is 1140. The van der Waals surface area contributed by atoms with E-state index in [-0.39, 0.29) is 11.8 Å². The minimum Gasteiger partial charge on any atom is -0.510 e. The fourth-order valence-corrected chi connectivity index (χ4v) is 4.79. The molecule has 1 aliphatic rings. The molecule has 1 atom stereocenters. The van der Waals surface area contributed by atoms with Gasteiger partial charge in [-0.3, -0.25) is 5.41 Å². The maximum Gasteiger partial charge on any atom is 0.161 e. The van der Waals surface area contributed by atoms with E-state index >= 15 is 0 Å². The van der Waals surface area contributed by atoms with Crippen molar-refractivity contribution in [1.82, 2.24) is 9.88 Å². The minimum atomic E-state index is 0.132. The Morgan fingerprint density at radius 3 is 2.59 bits per heavy atom. The quantitative estimate of drug-likeness (QED) is 0.481. The van der Waals surface area contributed by atoms with Crippen LogP contribution in [0.4, 0.5) is 0 Å². The summed E-state index contributed by atoms with van der Waals surface area (Å²) in [5.41, 5.74) is 3.47. The Balaban J connectivity index is 1.49. The average molecular weight is 450 g/mol. The highest BCUT2D eigenvalue weighted by atomic mass is 32.1. The summed E-state index contributed by atoms with van der Waals surface area (Å²) in [7, 11) is 3.20. The molecule has 0 bridgehead atoms. The largest absolute Gasteiger partial charge is 0.510 e. The van der Waals surface area contributed by atoms with Crippen molar-refractivity contribution >= 4 is 22.7 Å². The Morgan fingerprint density at radius 1 is 1.12 bits per heavy atom. The third-order valence-electron chi connectivity index (χ3n) is 5.76. The molecule has 0 amide bonds. The number of methoxy groups -OCH3 is 2. The molecule has 3 aromatic rings. The van der Waals surface area contributed by atoms with Crippen molar-refractivity contribution in [3.05, 3.63) is 70.2 Å². The Hall–Kier alpha value is -3.32. The molecular weight excluding hydrogens is 422 g/mol. The van der Waals surface area contributed by atoms with Crippen molar-refractivity contribution in [3.63, 3.8) is 0 Å². The topological polar surface area (TPSA) is 78.7 Å². The van der Waals surface area contributed by atoms with Crippen molar-refractivity contribution in [1.29, 1.82) is 5.41 Å². The molecule has 0 fully saturated rings. The summed E-state index contributed by atoms with van der Waals surface area (Å²) in [4.78, 5) is 6.67. The molecule has 1 aromatic heterocycles. The van der Waals surface area contributed by atoms with E-state index in [0.717, 1.165) is 24.1 Å². The number of aliphatic hydroxyl groups is 1. The van der Waals surface area contributed by atoms with Crippen molar-refractivity contribution in [2.24, 2.45) is 0 Å². The van der Waals surface area contributed by atoms with Crippen LogP contribution in [-0.4, -0.2) is 47.6 Å².